The van der Waals surface area contributed by atoms with Crippen molar-refractivity contribution in [1.29, 1.82) is 0 Å². The first-order valence-corrected chi connectivity index (χ1v) is 13.4. The number of aromatic nitrogens is 2. The zero-order chi connectivity index (χ0) is 24.1. The minimum absolute atomic E-state index is 1.19. The summed E-state index contributed by atoms with van der Waals surface area (Å²) in [6.07, 6.45) is 0. The third-order valence-corrected chi connectivity index (χ3v) is 9.03. The van der Waals surface area contributed by atoms with E-state index in [1.54, 1.807) is 0 Å². The average molecular weight is 489 g/mol. The maximum absolute atomic E-state index is 3.74. The topological polar surface area (TPSA) is 20.7 Å². The second-order valence-electron chi connectivity index (χ2n) is 9.85. The number of hydrogen-bond donors (Lipinski definition) is 1. The molecule has 0 fully saturated rings. The Hall–Kier alpha value is -4.60. The Kier molecular flexibility index (Phi) is 3.70. The lowest BCUT2D eigenvalue weighted by molar-refractivity contribution is 1.20. The van der Waals surface area contributed by atoms with Gasteiger partial charge in [0.05, 0.1) is 22.2 Å². The third kappa shape index (κ3) is 2.54. The number of benzene rings is 6. The van der Waals surface area contributed by atoms with Gasteiger partial charge >= 0.3 is 0 Å². The molecule has 0 aliphatic rings. The number of nitrogens with one attached hydrogen (secondary N) is 1. The molecule has 6 aromatic carbocycles. The molecule has 3 heteroatoms. The van der Waals surface area contributed by atoms with Gasteiger partial charge < -0.3 is 9.55 Å². The molecule has 37 heavy (non-hydrogen) atoms. The first-order valence-electron chi connectivity index (χ1n) is 12.6. The number of para-hydroxylation sites is 2. The highest BCUT2D eigenvalue weighted by Gasteiger charge is 2.18. The normalized spacial score (nSPS) is 12.3. The van der Waals surface area contributed by atoms with E-state index in [0.29, 0.717) is 0 Å². The van der Waals surface area contributed by atoms with Gasteiger partial charge in [-0.05, 0) is 41.8 Å². The second-order valence-corrected chi connectivity index (χ2v) is 10.9. The first kappa shape index (κ1) is 19.6. The minimum atomic E-state index is 1.19. The van der Waals surface area contributed by atoms with Crippen LogP contribution in [0.15, 0.2) is 115 Å². The zero-order valence-corrected chi connectivity index (χ0v) is 20.6. The molecule has 0 spiro atoms. The molecular formula is C34H20N2S. The van der Waals surface area contributed by atoms with Crippen LogP contribution in [0.2, 0.25) is 0 Å². The number of hydrogen-bond acceptors (Lipinski definition) is 1. The summed E-state index contributed by atoms with van der Waals surface area (Å²) in [7, 11) is 0. The highest BCUT2D eigenvalue weighted by Crippen LogP contribution is 2.44. The smallest absolute Gasteiger partial charge is 0.0559 e. The van der Waals surface area contributed by atoms with Gasteiger partial charge in [-0.15, -0.1) is 11.3 Å². The number of aromatic amines is 1. The van der Waals surface area contributed by atoms with E-state index in [9.17, 15) is 0 Å². The van der Waals surface area contributed by atoms with Gasteiger partial charge in [0.15, 0.2) is 0 Å². The lowest BCUT2D eigenvalue weighted by Crippen LogP contribution is -1.94. The van der Waals surface area contributed by atoms with E-state index in [1.807, 2.05) is 11.3 Å². The number of rotatable bonds is 1. The lowest BCUT2D eigenvalue weighted by atomic mass is 10.1. The summed E-state index contributed by atoms with van der Waals surface area (Å²) in [5.41, 5.74) is 6.15. The van der Waals surface area contributed by atoms with Gasteiger partial charge in [-0.25, -0.2) is 0 Å². The van der Waals surface area contributed by atoms with Crippen LogP contribution in [0.25, 0.3) is 80.2 Å². The highest BCUT2D eigenvalue weighted by molar-refractivity contribution is 7.26. The second kappa shape index (κ2) is 7.00. The molecule has 9 aromatic rings. The minimum Gasteiger partial charge on any atom is -0.354 e. The summed E-state index contributed by atoms with van der Waals surface area (Å²) in [4.78, 5) is 3.74. The monoisotopic (exact) mass is 488 g/mol. The molecule has 3 heterocycles. The molecular weight excluding hydrogens is 468 g/mol. The maximum atomic E-state index is 3.74. The van der Waals surface area contributed by atoms with E-state index in [1.165, 1.54) is 80.2 Å². The SMILES string of the molecule is c1ccc2c(-n3c4ccccc4c4cc5c(cc43)sc3ccc4c6ccccc6[nH]c4c35)cccc2c1. The van der Waals surface area contributed by atoms with Crippen LogP contribution in [-0.4, -0.2) is 9.55 Å². The molecule has 1 N–H and O–H groups in total. The average Bonchev–Trinajstić information content (AvgIpc) is 3.60. The fraction of sp³-hybridized carbons (Fsp3) is 0. The standard InChI is InChI=1S/C34H20N2S/c1-2-10-21-20(8-1)9-7-15-28(21)36-29-14-6-4-12-23(29)25-18-26-32(19-30(25)36)37-31-17-16-24-22-11-3-5-13-27(22)35-34(24)33(26)31/h1-19,35H. The Morgan fingerprint density at radius 1 is 0.514 bits per heavy atom. The largest absolute Gasteiger partial charge is 0.354 e. The molecule has 0 unspecified atom stereocenters. The van der Waals surface area contributed by atoms with E-state index in [-0.39, 0.29) is 0 Å². The van der Waals surface area contributed by atoms with Crippen molar-refractivity contribution in [2.45, 2.75) is 0 Å². The van der Waals surface area contributed by atoms with Crippen LogP contribution in [0.4, 0.5) is 0 Å². The van der Waals surface area contributed by atoms with Crippen LogP contribution in [-0.2, 0) is 0 Å². The van der Waals surface area contributed by atoms with Crippen LogP contribution >= 0.6 is 11.3 Å². The lowest BCUT2D eigenvalue weighted by Gasteiger charge is -2.11. The Morgan fingerprint density at radius 3 is 2.24 bits per heavy atom. The van der Waals surface area contributed by atoms with Crippen LogP contribution in [0.1, 0.15) is 0 Å². The van der Waals surface area contributed by atoms with E-state index >= 15 is 0 Å². The summed E-state index contributed by atoms with van der Waals surface area (Å²) in [5, 5.41) is 10.3. The summed E-state index contributed by atoms with van der Waals surface area (Å²) in [6.45, 7) is 0. The zero-order valence-electron chi connectivity index (χ0n) is 19.8. The molecule has 0 saturated heterocycles. The number of nitrogens with zero attached hydrogens (tertiary/aromatic N) is 1. The van der Waals surface area contributed by atoms with E-state index in [0.717, 1.165) is 0 Å². The third-order valence-electron chi connectivity index (χ3n) is 7.91. The molecule has 172 valence electrons. The predicted octanol–water partition coefficient (Wildman–Crippen LogP) is 9.94. The van der Waals surface area contributed by atoms with Crippen molar-refractivity contribution in [2.24, 2.45) is 0 Å². The number of thiophene rings is 1. The Morgan fingerprint density at radius 2 is 1.30 bits per heavy atom. The predicted molar refractivity (Wildman–Crippen MR) is 161 cm³/mol. The van der Waals surface area contributed by atoms with Crippen molar-refractivity contribution >= 4 is 85.9 Å². The van der Waals surface area contributed by atoms with Crippen molar-refractivity contribution in [2.75, 3.05) is 0 Å². The van der Waals surface area contributed by atoms with E-state index < -0.39 is 0 Å². The van der Waals surface area contributed by atoms with Crippen molar-refractivity contribution < 1.29 is 0 Å². The van der Waals surface area contributed by atoms with Crippen molar-refractivity contribution in [3.8, 4) is 5.69 Å². The van der Waals surface area contributed by atoms with Gasteiger partial charge in [0.2, 0.25) is 0 Å². The summed E-state index contributed by atoms with van der Waals surface area (Å²) >= 11 is 1.89. The Balaban J connectivity index is 1.46. The van der Waals surface area contributed by atoms with E-state index in [4.69, 9.17) is 0 Å². The maximum Gasteiger partial charge on any atom is 0.0559 e. The van der Waals surface area contributed by atoms with Gasteiger partial charge in [-0.1, -0.05) is 78.9 Å². The Bertz CT molecular complexity index is 2360. The number of H-pyrrole nitrogens is 1. The molecule has 0 bridgehead atoms. The quantitative estimate of drug-likeness (QED) is 0.237. The fourth-order valence-corrected chi connectivity index (χ4v) is 7.44. The van der Waals surface area contributed by atoms with Gasteiger partial charge in [0.25, 0.3) is 0 Å². The molecule has 0 radical (unpaired) electrons. The van der Waals surface area contributed by atoms with Crippen LogP contribution in [0, 0.1) is 0 Å². The number of fused-ring (bicyclic) bond motifs is 11. The van der Waals surface area contributed by atoms with Crippen LogP contribution in [0.5, 0.6) is 0 Å². The van der Waals surface area contributed by atoms with Crippen molar-refractivity contribution in [1.82, 2.24) is 9.55 Å². The molecule has 0 aliphatic carbocycles. The molecule has 3 aromatic heterocycles. The van der Waals surface area contributed by atoms with Gasteiger partial charge in [-0.3, -0.25) is 0 Å². The van der Waals surface area contributed by atoms with Gasteiger partial charge in [-0.2, -0.15) is 0 Å². The van der Waals surface area contributed by atoms with Crippen molar-refractivity contribution in [3.05, 3.63) is 115 Å². The van der Waals surface area contributed by atoms with Crippen molar-refractivity contribution in [3.63, 3.8) is 0 Å². The molecule has 2 nitrogen and oxygen atoms in total. The summed E-state index contributed by atoms with van der Waals surface area (Å²) < 4.78 is 5.09. The summed E-state index contributed by atoms with van der Waals surface area (Å²) in [6, 6.07) is 42.1. The highest BCUT2D eigenvalue weighted by atomic mass is 32.1. The first-order chi connectivity index (χ1) is 18.3. The molecule has 9 rings (SSSR count). The fourth-order valence-electron chi connectivity index (χ4n) is 6.31. The summed E-state index contributed by atoms with van der Waals surface area (Å²) in [5.74, 6) is 0. The van der Waals surface area contributed by atoms with E-state index in [2.05, 4.69) is 125 Å². The molecule has 0 atom stereocenters. The molecule has 0 aliphatic heterocycles. The Labute approximate surface area is 216 Å². The molecule has 0 saturated carbocycles. The van der Waals surface area contributed by atoms with Gasteiger partial charge in [0.1, 0.15) is 0 Å². The molecule has 0 amide bonds. The van der Waals surface area contributed by atoms with Crippen LogP contribution < -0.4 is 0 Å². The van der Waals surface area contributed by atoms with Crippen LogP contribution in [0.3, 0.4) is 0 Å². The van der Waals surface area contributed by atoms with Gasteiger partial charge in [0, 0.05) is 52.6 Å².